The van der Waals surface area contributed by atoms with Crippen molar-refractivity contribution in [3.05, 3.63) is 53.0 Å². The lowest BCUT2D eigenvalue weighted by molar-refractivity contribution is 0.0952. The SMILES string of the molecule is Cc1oc(CSc2cc(F)ccc2F)cc1C(=O)NN. The lowest BCUT2D eigenvalue weighted by Gasteiger charge is -2.01. The van der Waals surface area contributed by atoms with Crippen LogP contribution in [0.25, 0.3) is 0 Å². The van der Waals surface area contributed by atoms with Crippen LogP contribution in [0, 0.1) is 18.6 Å². The predicted octanol–water partition coefficient (Wildman–Crippen LogP) is 2.76. The fourth-order valence-corrected chi connectivity index (χ4v) is 2.50. The van der Waals surface area contributed by atoms with E-state index in [0.717, 1.165) is 30.0 Å². The van der Waals surface area contributed by atoms with Crippen molar-refractivity contribution in [2.75, 3.05) is 0 Å². The van der Waals surface area contributed by atoms with Crippen molar-refractivity contribution < 1.29 is 18.0 Å². The van der Waals surface area contributed by atoms with Gasteiger partial charge in [0, 0.05) is 4.90 Å². The Labute approximate surface area is 118 Å². The van der Waals surface area contributed by atoms with Gasteiger partial charge in [-0.25, -0.2) is 14.6 Å². The van der Waals surface area contributed by atoms with Gasteiger partial charge in [0.1, 0.15) is 23.2 Å². The normalized spacial score (nSPS) is 10.6. The van der Waals surface area contributed by atoms with E-state index in [1.54, 1.807) is 6.92 Å². The number of furan rings is 1. The summed E-state index contributed by atoms with van der Waals surface area (Å²) in [6, 6.07) is 4.77. The zero-order chi connectivity index (χ0) is 14.7. The summed E-state index contributed by atoms with van der Waals surface area (Å²) in [6.07, 6.45) is 0. The molecule has 0 bridgehead atoms. The van der Waals surface area contributed by atoms with E-state index in [2.05, 4.69) is 0 Å². The summed E-state index contributed by atoms with van der Waals surface area (Å²) < 4.78 is 31.8. The molecular formula is C13H12F2N2O2S. The molecule has 106 valence electrons. The third-order valence-electron chi connectivity index (χ3n) is 2.61. The third kappa shape index (κ3) is 3.17. The van der Waals surface area contributed by atoms with Crippen molar-refractivity contribution in [1.29, 1.82) is 0 Å². The monoisotopic (exact) mass is 298 g/mol. The maximum absolute atomic E-state index is 13.4. The Morgan fingerprint density at radius 3 is 2.85 bits per heavy atom. The highest BCUT2D eigenvalue weighted by Gasteiger charge is 2.14. The van der Waals surface area contributed by atoms with Crippen molar-refractivity contribution in [1.82, 2.24) is 5.43 Å². The predicted molar refractivity (Wildman–Crippen MR) is 71.0 cm³/mol. The largest absolute Gasteiger partial charge is 0.465 e. The molecule has 0 saturated carbocycles. The molecule has 0 spiro atoms. The summed E-state index contributed by atoms with van der Waals surface area (Å²) in [7, 11) is 0. The zero-order valence-corrected chi connectivity index (χ0v) is 11.4. The molecule has 0 unspecified atom stereocenters. The molecule has 1 aromatic heterocycles. The number of nitrogen functional groups attached to an aromatic ring is 1. The second-order valence-corrected chi connectivity index (χ2v) is 5.04. The second-order valence-electron chi connectivity index (χ2n) is 4.02. The van der Waals surface area contributed by atoms with Crippen molar-refractivity contribution in [2.45, 2.75) is 17.6 Å². The van der Waals surface area contributed by atoms with Gasteiger partial charge in [0.15, 0.2) is 0 Å². The Morgan fingerprint density at radius 1 is 1.40 bits per heavy atom. The van der Waals surface area contributed by atoms with E-state index in [1.165, 1.54) is 6.07 Å². The van der Waals surface area contributed by atoms with E-state index in [4.69, 9.17) is 10.3 Å². The highest BCUT2D eigenvalue weighted by molar-refractivity contribution is 7.98. The van der Waals surface area contributed by atoms with E-state index in [0.29, 0.717) is 17.1 Å². The first-order valence-electron chi connectivity index (χ1n) is 5.69. The highest BCUT2D eigenvalue weighted by Crippen LogP contribution is 2.28. The number of thioether (sulfide) groups is 1. The topological polar surface area (TPSA) is 68.3 Å². The number of hydrazine groups is 1. The van der Waals surface area contributed by atoms with Crippen LogP contribution in [0.15, 0.2) is 33.6 Å². The lowest BCUT2D eigenvalue weighted by Crippen LogP contribution is -2.30. The number of nitrogens with one attached hydrogen (secondary N) is 1. The molecule has 0 radical (unpaired) electrons. The maximum atomic E-state index is 13.4. The Balaban J connectivity index is 2.11. The Bertz CT molecular complexity index is 643. The minimum atomic E-state index is -0.507. The minimum absolute atomic E-state index is 0.184. The standard InChI is InChI=1S/C13H12F2N2O2S/c1-7-10(13(18)17-16)5-9(19-7)6-20-12-4-8(14)2-3-11(12)15/h2-5H,6,16H2,1H3,(H,17,18). The summed E-state index contributed by atoms with van der Waals surface area (Å²) in [5.74, 6) is 4.76. The summed E-state index contributed by atoms with van der Waals surface area (Å²) >= 11 is 1.08. The van der Waals surface area contributed by atoms with Crippen LogP contribution in [-0.2, 0) is 5.75 Å². The Kier molecular flexibility index (Phi) is 4.41. The molecule has 3 N–H and O–H groups in total. The van der Waals surface area contributed by atoms with Crippen LogP contribution in [0.2, 0.25) is 0 Å². The van der Waals surface area contributed by atoms with Crippen LogP contribution in [0.3, 0.4) is 0 Å². The molecule has 2 rings (SSSR count). The number of benzene rings is 1. The molecule has 0 aliphatic heterocycles. The summed E-state index contributed by atoms with van der Waals surface area (Å²) in [4.78, 5) is 11.6. The van der Waals surface area contributed by atoms with Crippen molar-refractivity contribution >= 4 is 17.7 Å². The van der Waals surface area contributed by atoms with Gasteiger partial charge >= 0.3 is 0 Å². The second kappa shape index (κ2) is 6.06. The third-order valence-corrected chi connectivity index (χ3v) is 3.66. The lowest BCUT2D eigenvalue weighted by atomic mass is 10.2. The van der Waals surface area contributed by atoms with Crippen molar-refractivity contribution in [3.8, 4) is 0 Å². The molecule has 20 heavy (non-hydrogen) atoms. The van der Waals surface area contributed by atoms with Gasteiger partial charge in [-0.15, -0.1) is 11.8 Å². The Hall–Kier alpha value is -1.86. The van der Waals surface area contributed by atoms with Gasteiger partial charge in [0.2, 0.25) is 0 Å². The van der Waals surface area contributed by atoms with Crippen LogP contribution < -0.4 is 11.3 Å². The zero-order valence-electron chi connectivity index (χ0n) is 10.6. The number of nitrogens with two attached hydrogens (primary N) is 1. The van der Waals surface area contributed by atoms with E-state index < -0.39 is 17.5 Å². The quantitative estimate of drug-likeness (QED) is 0.394. The first-order chi connectivity index (χ1) is 9.51. The van der Waals surface area contributed by atoms with Gasteiger partial charge in [-0.05, 0) is 31.2 Å². The van der Waals surface area contributed by atoms with Crippen molar-refractivity contribution in [3.63, 3.8) is 0 Å². The number of aryl methyl sites for hydroxylation is 1. The number of carbonyl (C=O) groups excluding carboxylic acids is 1. The van der Waals surface area contributed by atoms with E-state index in [9.17, 15) is 13.6 Å². The number of rotatable bonds is 4. The van der Waals surface area contributed by atoms with E-state index >= 15 is 0 Å². The van der Waals surface area contributed by atoms with Gasteiger partial charge in [-0.3, -0.25) is 10.2 Å². The van der Waals surface area contributed by atoms with Crippen LogP contribution >= 0.6 is 11.8 Å². The molecule has 0 atom stereocenters. The highest BCUT2D eigenvalue weighted by atomic mass is 32.2. The molecule has 0 aliphatic carbocycles. The van der Waals surface area contributed by atoms with Crippen molar-refractivity contribution in [2.24, 2.45) is 5.84 Å². The van der Waals surface area contributed by atoms with Crippen LogP contribution in [-0.4, -0.2) is 5.91 Å². The fraction of sp³-hybridized carbons (Fsp3) is 0.154. The molecule has 4 nitrogen and oxygen atoms in total. The molecule has 0 fully saturated rings. The molecule has 7 heteroatoms. The van der Waals surface area contributed by atoms with Gasteiger partial charge in [-0.1, -0.05) is 0 Å². The smallest absolute Gasteiger partial charge is 0.268 e. The van der Waals surface area contributed by atoms with Gasteiger partial charge in [0.25, 0.3) is 5.91 Å². The number of amides is 1. The van der Waals surface area contributed by atoms with Crippen LogP contribution in [0.1, 0.15) is 21.9 Å². The summed E-state index contributed by atoms with van der Waals surface area (Å²) in [5.41, 5.74) is 2.33. The van der Waals surface area contributed by atoms with Gasteiger partial charge in [-0.2, -0.15) is 0 Å². The minimum Gasteiger partial charge on any atom is -0.465 e. The number of hydrogen-bond donors (Lipinski definition) is 2. The number of halogens is 2. The average Bonchev–Trinajstić information content (AvgIpc) is 2.80. The fourth-order valence-electron chi connectivity index (χ4n) is 1.65. The molecule has 0 saturated heterocycles. The average molecular weight is 298 g/mol. The summed E-state index contributed by atoms with van der Waals surface area (Å²) in [6.45, 7) is 1.63. The van der Waals surface area contributed by atoms with Crippen LogP contribution in [0.5, 0.6) is 0 Å². The maximum Gasteiger partial charge on any atom is 0.268 e. The Morgan fingerprint density at radius 2 is 2.15 bits per heavy atom. The molecule has 0 aliphatic rings. The molecular weight excluding hydrogens is 286 g/mol. The van der Waals surface area contributed by atoms with Gasteiger partial charge < -0.3 is 4.42 Å². The summed E-state index contributed by atoms with van der Waals surface area (Å²) in [5, 5.41) is 0. The van der Waals surface area contributed by atoms with Crippen LogP contribution in [0.4, 0.5) is 8.78 Å². The molecule has 1 amide bonds. The first-order valence-corrected chi connectivity index (χ1v) is 6.68. The van der Waals surface area contributed by atoms with E-state index in [-0.39, 0.29) is 10.6 Å². The molecule has 1 aromatic carbocycles. The number of carbonyl (C=O) groups is 1. The molecule has 1 heterocycles. The van der Waals surface area contributed by atoms with Gasteiger partial charge in [0.05, 0.1) is 11.3 Å². The number of hydrogen-bond acceptors (Lipinski definition) is 4. The molecule has 2 aromatic rings. The first kappa shape index (κ1) is 14.5. The van der Waals surface area contributed by atoms with E-state index in [1.807, 2.05) is 5.43 Å².